The summed E-state index contributed by atoms with van der Waals surface area (Å²) < 4.78 is 0. The molecule has 4 aliphatic carbocycles. The lowest BCUT2D eigenvalue weighted by Gasteiger charge is -2.60. The van der Waals surface area contributed by atoms with Gasteiger partial charge in [-0.05, 0) is 30.2 Å². The third-order valence-corrected chi connectivity index (χ3v) is 6.47. The molecule has 0 heterocycles. The molecule has 0 aromatic heterocycles. The van der Waals surface area contributed by atoms with Gasteiger partial charge in [-0.15, -0.1) is 0 Å². The van der Waals surface area contributed by atoms with Gasteiger partial charge in [0, 0.05) is 17.8 Å². The van der Waals surface area contributed by atoms with E-state index in [0.29, 0.717) is 5.78 Å². The molecule has 0 bridgehead atoms. The number of Topliss-reactive ketones (excluding diaryl/α,β-unsaturated/α-hetero) is 2. The first-order valence-corrected chi connectivity index (χ1v) is 8.23. The SMILES string of the molecule is O=C1C2CC=CC2C1C1(c2ccccc2)C(=O)C2C=CCC21. The summed E-state index contributed by atoms with van der Waals surface area (Å²) in [4.78, 5) is 25.9. The molecular formula is C20H18O2. The largest absolute Gasteiger partial charge is 0.299 e. The van der Waals surface area contributed by atoms with Crippen LogP contribution in [-0.4, -0.2) is 11.6 Å². The Hall–Kier alpha value is -1.96. The third kappa shape index (κ3) is 1.20. The van der Waals surface area contributed by atoms with Gasteiger partial charge in [-0.2, -0.15) is 0 Å². The summed E-state index contributed by atoms with van der Waals surface area (Å²) in [6, 6.07) is 10.1. The molecule has 110 valence electrons. The molecule has 6 atom stereocenters. The van der Waals surface area contributed by atoms with Gasteiger partial charge in [0.25, 0.3) is 0 Å². The van der Waals surface area contributed by atoms with Gasteiger partial charge in [-0.3, -0.25) is 9.59 Å². The number of hydrogen-bond acceptors (Lipinski definition) is 2. The van der Waals surface area contributed by atoms with Crippen LogP contribution in [-0.2, 0) is 15.0 Å². The predicted octanol–water partition coefficient (Wildman–Crippen LogP) is 3.09. The summed E-state index contributed by atoms with van der Waals surface area (Å²) in [6.45, 7) is 0. The van der Waals surface area contributed by atoms with Crippen molar-refractivity contribution in [2.45, 2.75) is 18.3 Å². The lowest BCUT2D eigenvalue weighted by atomic mass is 9.39. The summed E-state index contributed by atoms with van der Waals surface area (Å²) in [5, 5.41) is 0. The van der Waals surface area contributed by atoms with Crippen LogP contribution in [0.1, 0.15) is 18.4 Å². The molecule has 4 aliphatic rings. The first-order valence-electron chi connectivity index (χ1n) is 8.23. The molecule has 2 saturated carbocycles. The second-order valence-corrected chi connectivity index (χ2v) is 7.12. The van der Waals surface area contributed by atoms with Crippen LogP contribution in [0.4, 0.5) is 0 Å². The minimum absolute atomic E-state index is 0.0393. The lowest BCUT2D eigenvalue weighted by Crippen LogP contribution is -2.70. The van der Waals surface area contributed by atoms with Crippen molar-refractivity contribution in [1.29, 1.82) is 0 Å². The van der Waals surface area contributed by atoms with Gasteiger partial charge < -0.3 is 0 Å². The topological polar surface area (TPSA) is 34.1 Å². The summed E-state index contributed by atoms with van der Waals surface area (Å²) >= 11 is 0. The number of carbonyl (C=O) groups is 2. The highest BCUT2D eigenvalue weighted by atomic mass is 16.1. The van der Waals surface area contributed by atoms with E-state index >= 15 is 0 Å². The maximum Gasteiger partial charge on any atom is 0.151 e. The average molecular weight is 290 g/mol. The van der Waals surface area contributed by atoms with Crippen molar-refractivity contribution < 1.29 is 9.59 Å². The molecule has 0 N–H and O–H groups in total. The Morgan fingerprint density at radius 2 is 1.73 bits per heavy atom. The normalized spacial score (nSPS) is 44.5. The Labute approximate surface area is 129 Å². The highest BCUT2D eigenvalue weighted by Crippen LogP contribution is 2.65. The van der Waals surface area contributed by atoms with Gasteiger partial charge in [-0.25, -0.2) is 0 Å². The molecule has 2 nitrogen and oxygen atoms in total. The highest BCUT2D eigenvalue weighted by molar-refractivity contribution is 6.08. The number of hydrogen-bond donors (Lipinski definition) is 0. The van der Waals surface area contributed by atoms with Crippen LogP contribution in [0.15, 0.2) is 54.6 Å². The molecule has 2 heteroatoms. The average Bonchev–Trinajstić information content (AvgIpc) is 3.18. The minimum Gasteiger partial charge on any atom is -0.299 e. The van der Waals surface area contributed by atoms with Crippen molar-refractivity contribution in [3.63, 3.8) is 0 Å². The second-order valence-electron chi connectivity index (χ2n) is 7.12. The number of ketones is 2. The summed E-state index contributed by atoms with van der Waals surface area (Å²) in [5.74, 6) is 1.20. The Bertz CT molecular complexity index is 729. The molecule has 1 aromatic carbocycles. The molecule has 0 radical (unpaired) electrons. The van der Waals surface area contributed by atoms with Crippen LogP contribution < -0.4 is 0 Å². The molecule has 0 aliphatic heterocycles. The van der Waals surface area contributed by atoms with E-state index in [1.54, 1.807) is 0 Å². The number of allylic oxidation sites excluding steroid dienone is 4. The first-order chi connectivity index (χ1) is 10.8. The number of carbonyl (C=O) groups excluding carboxylic acids is 2. The van der Waals surface area contributed by atoms with Gasteiger partial charge in [0.05, 0.1) is 5.41 Å². The summed E-state index contributed by atoms with van der Waals surface area (Å²) in [5.41, 5.74) is 0.490. The maximum absolute atomic E-state index is 13.1. The van der Waals surface area contributed by atoms with E-state index in [1.165, 1.54) is 0 Å². The van der Waals surface area contributed by atoms with Crippen molar-refractivity contribution in [2.24, 2.45) is 29.6 Å². The van der Waals surface area contributed by atoms with Gasteiger partial charge in [0.1, 0.15) is 5.78 Å². The monoisotopic (exact) mass is 290 g/mol. The van der Waals surface area contributed by atoms with Crippen molar-refractivity contribution in [3.05, 3.63) is 60.2 Å². The molecule has 2 fully saturated rings. The zero-order chi connectivity index (χ0) is 14.9. The van der Waals surface area contributed by atoms with Crippen LogP contribution >= 0.6 is 0 Å². The Morgan fingerprint density at radius 3 is 2.55 bits per heavy atom. The van der Waals surface area contributed by atoms with Crippen LogP contribution in [0.25, 0.3) is 0 Å². The molecule has 1 aromatic rings. The smallest absolute Gasteiger partial charge is 0.151 e. The second kappa shape index (κ2) is 4.07. The molecule has 6 unspecified atom stereocenters. The standard InChI is InChI=1S/C20H18O2/c21-18-14-9-4-8-13(14)17(18)20(12-6-2-1-3-7-12)16-11-5-10-15(16)19(20)22/h1-8,10,13-17H,9,11H2. The minimum atomic E-state index is -0.567. The van der Waals surface area contributed by atoms with Crippen molar-refractivity contribution in [3.8, 4) is 0 Å². The van der Waals surface area contributed by atoms with Gasteiger partial charge >= 0.3 is 0 Å². The van der Waals surface area contributed by atoms with Crippen molar-refractivity contribution in [1.82, 2.24) is 0 Å². The van der Waals surface area contributed by atoms with Crippen molar-refractivity contribution >= 4 is 11.6 Å². The van der Waals surface area contributed by atoms with Crippen LogP contribution in [0.2, 0.25) is 0 Å². The Balaban J connectivity index is 1.67. The van der Waals surface area contributed by atoms with Gasteiger partial charge in [0.2, 0.25) is 0 Å². The zero-order valence-corrected chi connectivity index (χ0v) is 12.3. The lowest BCUT2D eigenvalue weighted by molar-refractivity contribution is -0.165. The van der Waals surface area contributed by atoms with E-state index in [1.807, 2.05) is 30.3 Å². The molecule has 0 amide bonds. The third-order valence-electron chi connectivity index (χ3n) is 6.47. The Kier molecular flexibility index (Phi) is 2.32. The fourth-order valence-electron chi connectivity index (χ4n) is 5.54. The fraction of sp³-hybridized carbons (Fsp3) is 0.400. The molecule has 0 saturated heterocycles. The van der Waals surface area contributed by atoms with E-state index in [4.69, 9.17) is 0 Å². The van der Waals surface area contributed by atoms with E-state index in [9.17, 15) is 9.59 Å². The number of fused-ring (bicyclic) bond motifs is 2. The van der Waals surface area contributed by atoms with Crippen LogP contribution in [0, 0.1) is 29.6 Å². The molecule has 0 spiro atoms. The summed E-state index contributed by atoms with van der Waals surface area (Å²) in [7, 11) is 0. The van der Waals surface area contributed by atoms with Crippen LogP contribution in [0.5, 0.6) is 0 Å². The van der Waals surface area contributed by atoms with Crippen LogP contribution in [0.3, 0.4) is 0 Å². The number of rotatable bonds is 2. The van der Waals surface area contributed by atoms with Crippen molar-refractivity contribution in [2.75, 3.05) is 0 Å². The maximum atomic E-state index is 13.1. The molecule has 5 rings (SSSR count). The van der Waals surface area contributed by atoms with E-state index in [-0.39, 0.29) is 35.4 Å². The van der Waals surface area contributed by atoms with E-state index in [2.05, 4.69) is 24.3 Å². The Morgan fingerprint density at radius 1 is 0.955 bits per heavy atom. The fourth-order valence-corrected chi connectivity index (χ4v) is 5.54. The molecule has 22 heavy (non-hydrogen) atoms. The van der Waals surface area contributed by atoms with E-state index < -0.39 is 5.41 Å². The zero-order valence-electron chi connectivity index (χ0n) is 12.3. The summed E-state index contributed by atoms with van der Waals surface area (Å²) in [6.07, 6.45) is 10.3. The van der Waals surface area contributed by atoms with Gasteiger partial charge in [-0.1, -0.05) is 54.6 Å². The van der Waals surface area contributed by atoms with Gasteiger partial charge in [0.15, 0.2) is 5.78 Å². The highest BCUT2D eigenvalue weighted by Gasteiger charge is 2.72. The quantitative estimate of drug-likeness (QED) is 0.784. The van der Waals surface area contributed by atoms with E-state index in [0.717, 1.165) is 18.4 Å². The predicted molar refractivity (Wildman–Crippen MR) is 83.1 cm³/mol. The number of benzene rings is 1. The first kappa shape index (κ1) is 12.6. The molecular weight excluding hydrogens is 272 g/mol.